The molecule has 1 aromatic carbocycles. The number of amides is 1. The minimum Gasteiger partial charge on any atom is -0.399 e. The van der Waals surface area contributed by atoms with Gasteiger partial charge in [-0.15, -0.1) is 0 Å². The number of carbonyl (C=O) groups is 1. The van der Waals surface area contributed by atoms with Gasteiger partial charge >= 0.3 is 0 Å². The molecule has 1 aromatic rings. The highest BCUT2D eigenvalue weighted by Crippen LogP contribution is 2.14. The lowest BCUT2D eigenvalue weighted by Gasteiger charge is -2.34. The van der Waals surface area contributed by atoms with Crippen molar-refractivity contribution in [1.29, 1.82) is 0 Å². The monoisotopic (exact) mass is 249 g/mol. The Morgan fingerprint density at radius 2 is 2.22 bits per heavy atom. The molecule has 98 valence electrons. The van der Waals surface area contributed by atoms with E-state index in [9.17, 15) is 4.79 Å². The van der Waals surface area contributed by atoms with Gasteiger partial charge in [-0.1, -0.05) is 12.1 Å². The van der Waals surface area contributed by atoms with Crippen LogP contribution in [0.2, 0.25) is 0 Å². The lowest BCUT2D eigenvalue weighted by Crippen LogP contribution is -2.52. The average molecular weight is 249 g/mol. The maximum Gasteiger partial charge on any atom is 0.239 e. The molecule has 1 aliphatic heterocycles. The summed E-state index contributed by atoms with van der Waals surface area (Å²) in [6.45, 7) is 2.63. The number of anilines is 1. The van der Waals surface area contributed by atoms with Crippen LogP contribution in [0, 0.1) is 0 Å². The zero-order valence-corrected chi connectivity index (χ0v) is 10.6. The molecule has 0 spiro atoms. The summed E-state index contributed by atoms with van der Waals surface area (Å²) in [6, 6.07) is 7.54. The molecule has 1 saturated heterocycles. The Morgan fingerprint density at radius 3 is 2.89 bits per heavy atom. The number of likely N-dealkylation sites (N-methyl/N-ethyl adjacent to an activating group) is 1. The van der Waals surface area contributed by atoms with E-state index in [1.807, 2.05) is 24.3 Å². The van der Waals surface area contributed by atoms with E-state index < -0.39 is 0 Å². The highest BCUT2D eigenvalue weighted by atomic mass is 16.5. The normalized spacial score (nSPS) is 20.6. The van der Waals surface area contributed by atoms with E-state index in [4.69, 9.17) is 10.5 Å². The molecule has 1 atom stereocenters. The number of nitrogens with two attached hydrogens (primary N) is 1. The van der Waals surface area contributed by atoms with Crippen molar-refractivity contribution in [3.63, 3.8) is 0 Å². The average Bonchev–Trinajstić information content (AvgIpc) is 2.41. The lowest BCUT2D eigenvalue weighted by molar-refractivity contribution is -0.132. The van der Waals surface area contributed by atoms with Gasteiger partial charge in [0.15, 0.2) is 0 Å². The van der Waals surface area contributed by atoms with Gasteiger partial charge in [-0.2, -0.15) is 0 Å². The van der Waals surface area contributed by atoms with Crippen LogP contribution in [-0.2, 0) is 16.1 Å². The first-order valence-corrected chi connectivity index (χ1v) is 6.08. The van der Waals surface area contributed by atoms with Crippen molar-refractivity contribution < 1.29 is 9.53 Å². The third kappa shape index (κ3) is 3.00. The molecule has 18 heavy (non-hydrogen) atoms. The number of carbonyl (C=O) groups excluding carboxylic acids is 1. The second-order valence-corrected chi connectivity index (χ2v) is 4.42. The van der Waals surface area contributed by atoms with Crippen LogP contribution in [0.25, 0.3) is 0 Å². The smallest absolute Gasteiger partial charge is 0.239 e. The maximum absolute atomic E-state index is 11.8. The van der Waals surface area contributed by atoms with E-state index in [0.29, 0.717) is 13.2 Å². The number of benzene rings is 1. The number of nitrogens with one attached hydrogen (secondary N) is 1. The number of rotatable bonds is 3. The van der Waals surface area contributed by atoms with Crippen LogP contribution in [0.15, 0.2) is 24.3 Å². The van der Waals surface area contributed by atoms with Gasteiger partial charge in [-0.25, -0.2) is 0 Å². The van der Waals surface area contributed by atoms with E-state index in [-0.39, 0.29) is 11.9 Å². The molecule has 2 rings (SSSR count). The van der Waals surface area contributed by atoms with Crippen molar-refractivity contribution in [2.24, 2.45) is 0 Å². The first-order chi connectivity index (χ1) is 8.70. The van der Waals surface area contributed by atoms with Crippen LogP contribution in [0.1, 0.15) is 5.56 Å². The van der Waals surface area contributed by atoms with E-state index in [2.05, 4.69) is 10.2 Å². The molecule has 3 N–H and O–H groups in total. The van der Waals surface area contributed by atoms with Gasteiger partial charge in [0.2, 0.25) is 5.91 Å². The fraction of sp³-hybridized carbons (Fsp3) is 0.462. The van der Waals surface area contributed by atoms with Gasteiger partial charge in [-0.3, -0.25) is 9.69 Å². The number of morpholine rings is 1. The van der Waals surface area contributed by atoms with Crippen molar-refractivity contribution in [1.82, 2.24) is 10.2 Å². The number of hydrogen-bond acceptors (Lipinski definition) is 4. The van der Waals surface area contributed by atoms with Crippen LogP contribution in [0.4, 0.5) is 5.69 Å². The van der Waals surface area contributed by atoms with E-state index in [1.54, 1.807) is 7.05 Å². The number of nitrogen functional groups attached to an aromatic ring is 1. The molecule has 1 heterocycles. The molecule has 0 radical (unpaired) electrons. The summed E-state index contributed by atoms with van der Waals surface area (Å²) in [6.07, 6.45) is 0. The number of ether oxygens (including phenoxy) is 1. The molecule has 0 aromatic heterocycles. The molecule has 5 heteroatoms. The second kappa shape index (κ2) is 5.84. The van der Waals surface area contributed by atoms with Crippen molar-refractivity contribution in [2.75, 3.05) is 32.5 Å². The first-order valence-electron chi connectivity index (χ1n) is 6.08. The topological polar surface area (TPSA) is 67.6 Å². The number of nitrogens with zero attached hydrogens (tertiary/aromatic N) is 1. The van der Waals surface area contributed by atoms with Crippen LogP contribution >= 0.6 is 0 Å². The molecule has 0 bridgehead atoms. The number of hydrogen-bond donors (Lipinski definition) is 2. The van der Waals surface area contributed by atoms with E-state index in [0.717, 1.165) is 24.3 Å². The standard InChI is InChI=1S/C13H19N3O2/c1-15-13(17)12-9-18-7-6-16(12)8-10-2-4-11(14)5-3-10/h2-5,12H,6-9,14H2,1H3,(H,15,17). The second-order valence-electron chi connectivity index (χ2n) is 4.42. The summed E-state index contributed by atoms with van der Waals surface area (Å²) in [5.41, 5.74) is 7.57. The lowest BCUT2D eigenvalue weighted by atomic mass is 10.1. The Balaban J connectivity index is 2.05. The van der Waals surface area contributed by atoms with Gasteiger partial charge in [0.25, 0.3) is 0 Å². The molecule has 1 unspecified atom stereocenters. The molecule has 1 fully saturated rings. The maximum atomic E-state index is 11.8. The SMILES string of the molecule is CNC(=O)C1COCCN1Cc1ccc(N)cc1. The fourth-order valence-electron chi connectivity index (χ4n) is 2.09. The first kappa shape index (κ1) is 12.9. The highest BCUT2D eigenvalue weighted by molar-refractivity contribution is 5.81. The Kier molecular flexibility index (Phi) is 4.17. The van der Waals surface area contributed by atoms with Crippen molar-refractivity contribution in [3.05, 3.63) is 29.8 Å². The molecule has 0 aliphatic carbocycles. The summed E-state index contributed by atoms with van der Waals surface area (Å²) in [4.78, 5) is 13.9. The Bertz CT molecular complexity index is 405. The van der Waals surface area contributed by atoms with Gasteiger partial charge < -0.3 is 15.8 Å². The van der Waals surface area contributed by atoms with Crippen molar-refractivity contribution >= 4 is 11.6 Å². The van der Waals surface area contributed by atoms with Crippen LogP contribution < -0.4 is 11.1 Å². The minimum atomic E-state index is -0.207. The largest absolute Gasteiger partial charge is 0.399 e. The Morgan fingerprint density at radius 1 is 1.50 bits per heavy atom. The Hall–Kier alpha value is -1.59. The van der Waals surface area contributed by atoms with Crippen molar-refractivity contribution in [3.8, 4) is 0 Å². The Labute approximate surface area is 107 Å². The summed E-state index contributed by atoms with van der Waals surface area (Å²) in [5.74, 6) is 0.00476. The quantitative estimate of drug-likeness (QED) is 0.752. The zero-order chi connectivity index (χ0) is 13.0. The predicted octanol–water partition coefficient (Wildman–Crippen LogP) is 0.216. The van der Waals surface area contributed by atoms with Gasteiger partial charge in [-0.05, 0) is 17.7 Å². The van der Waals surface area contributed by atoms with Gasteiger partial charge in [0.05, 0.1) is 13.2 Å². The van der Waals surface area contributed by atoms with Crippen LogP contribution in [-0.4, -0.2) is 43.7 Å². The van der Waals surface area contributed by atoms with Crippen LogP contribution in [0.5, 0.6) is 0 Å². The molecule has 1 aliphatic rings. The highest BCUT2D eigenvalue weighted by Gasteiger charge is 2.28. The summed E-state index contributed by atoms with van der Waals surface area (Å²) < 4.78 is 5.37. The third-order valence-corrected chi connectivity index (χ3v) is 3.15. The summed E-state index contributed by atoms with van der Waals surface area (Å²) in [5, 5.41) is 2.68. The molecular formula is C13H19N3O2. The molecular weight excluding hydrogens is 230 g/mol. The third-order valence-electron chi connectivity index (χ3n) is 3.15. The molecule has 5 nitrogen and oxygen atoms in total. The molecule has 0 saturated carbocycles. The van der Waals surface area contributed by atoms with Gasteiger partial charge in [0.1, 0.15) is 6.04 Å². The minimum absolute atomic E-state index is 0.00476. The summed E-state index contributed by atoms with van der Waals surface area (Å²) in [7, 11) is 1.65. The van der Waals surface area contributed by atoms with Gasteiger partial charge in [0, 0.05) is 25.8 Å². The van der Waals surface area contributed by atoms with Crippen LogP contribution in [0.3, 0.4) is 0 Å². The predicted molar refractivity (Wildman–Crippen MR) is 69.9 cm³/mol. The van der Waals surface area contributed by atoms with E-state index >= 15 is 0 Å². The molecule has 1 amide bonds. The summed E-state index contributed by atoms with van der Waals surface area (Å²) >= 11 is 0. The van der Waals surface area contributed by atoms with E-state index in [1.165, 1.54) is 0 Å². The fourth-order valence-corrected chi connectivity index (χ4v) is 2.09. The van der Waals surface area contributed by atoms with Crippen molar-refractivity contribution in [2.45, 2.75) is 12.6 Å². The zero-order valence-electron chi connectivity index (χ0n) is 10.6.